The number of nitrogens with zero attached hydrogens (tertiary/aromatic N) is 3. The molecule has 0 spiro atoms. The predicted molar refractivity (Wildman–Crippen MR) is 125 cm³/mol. The van der Waals surface area contributed by atoms with E-state index in [1.165, 1.54) is 25.4 Å². The number of piperazine rings is 1. The summed E-state index contributed by atoms with van der Waals surface area (Å²) in [5, 5.41) is 2.59. The zero-order valence-electron chi connectivity index (χ0n) is 20.0. The van der Waals surface area contributed by atoms with Crippen molar-refractivity contribution in [3.05, 3.63) is 59.7 Å². The van der Waals surface area contributed by atoms with Gasteiger partial charge in [0.1, 0.15) is 5.82 Å². The number of carbonyl (C=O) groups is 4. The van der Waals surface area contributed by atoms with Gasteiger partial charge in [-0.3, -0.25) is 19.4 Å². The lowest BCUT2D eigenvalue weighted by atomic mass is 9.88. The Labute approximate surface area is 207 Å². The number of esters is 2. The molecule has 3 atom stereocenters. The highest BCUT2D eigenvalue weighted by atomic mass is 19.1. The molecule has 1 aromatic carbocycles. The molecule has 1 N–H and O–H groups in total. The largest absolute Gasteiger partial charge is 0.452 e. The van der Waals surface area contributed by atoms with E-state index in [1.54, 1.807) is 36.1 Å². The number of cyclic esters (lactones) is 1. The summed E-state index contributed by atoms with van der Waals surface area (Å²) >= 11 is 0. The van der Waals surface area contributed by atoms with Crippen molar-refractivity contribution in [2.45, 2.75) is 26.0 Å². The number of hydrogen-bond acceptors (Lipinski definition) is 8. The molecule has 4 rings (SSSR count). The van der Waals surface area contributed by atoms with Gasteiger partial charge in [-0.25, -0.2) is 9.18 Å². The molecular formula is C25H27FN4O6. The van der Waals surface area contributed by atoms with E-state index in [0.717, 1.165) is 0 Å². The minimum atomic E-state index is -0.753. The van der Waals surface area contributed by atoms with Gasteiger partial charge in [-0.05, 0) is 29.8 Å². The lowest BCUT2D eigenvalue weighted by Crippen LogP contribution is -2.50. The lowest BCUT2D eigenvalue weighted by molar-refractivity contribution is -0.144. The van der Waals surface area contributed by atoms with Crippen LogP contribution in [0.15, 0.2) is 42.7 Å². The number of ether oxygens (including phenoxy) is 2. The van der Waals surface area contributed by atoms with Crippen molar-refractivity contribution in [3.63, 3.8) is 0 Å². The highest BCUT2D eigenvalue weighted by Gasteiger charge is 2.43. The highest BCUT2D eigenvalue weighted by Crippen LogP contribution is 2.37. The molecule has 2 fully saturated rings. The molecule has 10 nitrogen and oxygen atoms in total. The van der Waals surface area contributed by atoms with Gasteiger partial charge in [-0.2, -0.15) is 0 Å². The zero-order valence-corrected chi connectivity index (χ0v) is 20.0. The summed E-state index contributed by atoms with van der Waals surface area (Å²) < 4.78 is 25.4. The first-order valence-corrected chi connectivity index (χ1v) is 11.6. The van der Waals surface area contributed by atoms with Crippen LogP contribution in [-0.2, 0) is 23.9 Å². The van der Waals surface area contributed by atoms with Gasteiger partial charge >= 0.3 is 11.9 Å². The first-order chi connectivity index (χ1) is 17.2. The van der Waals surface area contributed by atoms with E-state index in [-0.39, 0.29) is 29.9 Å². The van der Waals surface area contributed by atoms with Gasteiger partial charge in [0.25, 0.3) is 5.91 Å². The van der Waals surface area contributed by atoms with Crippen molar-refractivity contribution >= 4 is 29.4 Å². The number of pyridine rings is 1. The predicted octanol–water partition coefficient (Wildman–Crippen LogP) is 1.46. The topological polar surface area (TPSA) is 118 Å². The summed E-state index contributed by atoms with van der Waals surface area (Å²) in [5.74, 6) is -3.30. The fraction of sp³-hybridized carbons (Fsp3) is 0.400. The van der Waals surface area contributed by atoms with Crippen molar-refractivity contribution in [3.8, 4) is 0 Å². The number of amides is 2. The van der Waals surface area contributed by atoms with Crippen LogP contribution in [0.1, 0.15) is 35.7 Å². The first kappa shape index (κ1) is 25.1. The van der Waals surface area contributed by atoms with Crippen LogP contribution in [0, 0.1) is 11.7 Å². The van der Waals surface area contributed by atoms with Crippen LogP contribution in [0.4, 0.5) is 10.1 Å². The van der Waals surface area contributed by atoms with Crippen LogP contribution < -0.4 is 10.2 Å². The zero-order chi connectivity index (χ0) is 25.8. The molecule has 1 aromatic heterocycles. The van der Waals surface area contributed by atoms with Gasteiger partial charge in [0.05, 0.1) is 17.2 Å². The average molecular weight is 499 g/mol. The van der Waals surface area contributed by atoms with Crippen LogP contribution in [0.2, 0.25) is 0 Å². The van der Waals surface area contributed by atoms with Crippen molar-refractivity contribution < 1.29 is 33.0 Å². The fourth-order valence-electron chi connectivity index (χ4n) is 4.45. The maximum atomic E-state index is 15.1. The summed E-state index contributed by atoms with van der Waals surface area (Å²) in [6.07, 6.45) is 2.14. The second-order valence-electron chi connectivity index (χ2n) is 8.79. The van der Waals surface area contributed by atoms with Crippen LogP contribution in [0.5, 0.6) is 0 Å². The molecule has 0 bridgehead atoms. The van der Waals surface area contributed by atoms with Gasteiger partial charge in [-0.15, -0.1) is 0 Å². The van der Waals surface area contributed by atoms with Crippen molar-refractivity contribution in [1.82, 2.24) is 15.2 Å². The quantitative estimate of drug-likeness (QED) is 0.595. The molecular weight excluding hydrogens is 471 g/mol. The number of anilines is 1. The minimum absolute atomic E-state index is 0.264. The molecule has 11 heteroatoms. The average Bonchev–Trinajstić information content (AvgIpc) is 3.14. The van der Waals surface area contributed by atoms with E-state index < -0.39 is 29.9 Å². The molecule has 2 aromatic rings. The summed E-state index contributed by atoms with van der Waals surface area (Å²) in [7, 11) is 0. The number of rotatable bonds is 6. The van der Waals surface area contributed by atoms with Crippen LogP contribution in [0.25, 0.3) is 0 Å². The van der Waals surface area contributed by atoms with Crippen LogP contribution in [-0.4, -0.2) is 72.7 Å². The van der Waals surface area contributed by atoms with Crippen molar-refractivity contribution in [1.29, 1.82) is 0 Å². The molecule has 3 heterocycles. The van der Waals surface area contributed by atoms with Crippen LogP contribution in [0.3, 0.4) is 0 Å². The molecule has 2 saturated heterocycles. The summed E-state index contributed by atoms with van der Waals surface area (Å²) in [5.41, 5.74) is 1.11. The lowest BCUT2D eigenvalue weighted by Gasteiger charge is -2.36. The SMILES string of the molecule is CC(=O)N[C@@H]1OC(=O)C(c2ccc(N3CCN(C(=O)COC(=O)c4cccnc4)CC3)c(F)c2)C1C. The third-order valence-electron chi connectivity index (χ3n) is 6.37. The number of nitrogens with one attached hydrogen (secondary N) is 1. The van der Waals surface area contributed by atoms with Gasteiger partial charge < -0.3 is 24.6 Å². The first-order valence-electron chi connectivity index (χ1n) is 11.6. The number of halogens is 1. The Morgan fingerprint density at radius 2 is 1.94 bits per heavy atom. The maximum absolute atomic E-state index is 15.1. The molecule has 2 unspecified atom stereocenters. The molecule has 2 aliphatic rings. The molecule has 36 heavy (non-hydrogen) atoms. The molecule has 2 aliphatic heterocycles. The monoisotopic (exact) mass is 498 g/mol. The van der Waals surface area contributed by atoms with Crippen molar-refractivity contribution in [2.75, 3.05) is 37.7 Å². The van der Waals surface area contributed by atoms with E-state index >= 15 is 4.39 Å². The minimum Gasteiger partial charge on any atom is -0.452 e. The third kappa shape index (κ3) is 5.45. The third-order valence-corrected chi connectivity index (χ3v) is 6.37. The van der Waals surface area contributed by atoms with Gasteiger partial charge in [0.15, 0.2) is 12.8 Å². The second kappa shape index (κ2) is 10.7. The Morgan fingerprint density at radius 1 is 1.19 bits per heavy atom. The van der Waals surface area contributed by atoms with E-state index in [1.807, 2.05) is 4.90 Å². The van der Waals surface area contributed by atoms with E-state index in [9.17, 15) is 19.2 Å². The normalized spacial score (nSPS) is 21.6. The molecule has 0 saturated carbocycles. The summed E-state index contributed by atoms with van der Waals surface area (Å²) in [6.45, 7) is 4.20. The number of aromatic nitrogens is 1. The van der Waals surface area contributed by atoms with E-state index in [4.69, 9.17) is 9.47 Å². The molecule has 0 radical (unpaired) electrons. The Morgan fingerprint density at radius 3 is 2.58 bits per heavy atom. The summed E-state index contributed by atoms with van der Waals surface area (Å²) in [6, 6.07) is 7.78. The number of benzene rings is 1. The Kier molecular flexibility index (Phi) is 7.47. The molecule has 190 valence electrons. The van der Waals surface area contributed by atoms with Crippen molar-refractivity contribution in [2.24, 2.45) is 5.92 Å². The second-order valence-corrected chi connectivity index (χ2v) is 8.79. The smallest absolute Gasteiger partial charge is 0.340 e. The Bertz CT molecular complexity index is 1150. The highest BCUT2D eigenvalue weighted by molar-refractivity contribution is 5.91. The number of carbonyl (C=O) groups excluding carboxylic acids is 4. The number of hydrogen-bond donors (Lipinski definition) is 1. The van der Waals surface area contributed by atoms with E-state index in [0.29, 0.717) is 37.4 Å². The van der Waals surface area contributed by atoms with Gasteiger partial charge in [-0.1, -0.05) is 13.0 Å². The molecule has 0 aliphatic carbocycles. The molecule has 2 amide bonds. The standard InChI is InChI=1S/C25H27FN4O6/c1-15-22(25(34)36-23(15)28-16(2)31)17-5-6-20(19(26)12-17)29-8-10-30(11-9-29)21(32)14-35-24(33)18-4-3-7-27-13-18/h3-7,12-13,15,22-23H,8-11,14H2,1-2H3,(H,28,31)/t15?,22?,23-/m1/s1. The summed E-state index contributed by atoms with van der Waals surface area (Å²) in [4.78, 5) is 55.4. The van der Waals surface area contributed by atoms with Crippen LogP contribution >= 0.6 is 0 Å². The van der Waals surface area contributed by atoms with Gasteiger partial charge in [0, 0.05) is 51.4 Å². The fourth-order valence-corrected chi connectivity index (χ4v) is 4.45. The van der Waals surface area contributed by atoms with E-state index in [2.05, 4.69) is 10.3 Å². The Hall–Kier alpha value is -4.02. The van der Waals surface area contributed by atoms with Gasteiger partial charge in [0.2, 0.25) is 5.91 Å². The Balaban J connectivity index is 1.32. The maximum Gasteiger partial charge on any atom is 0.340 e.